The summed E-state index contributed by atoms with van der Waals surface area (Å²) in [6.45, 7) is 3.43. The van der Waals surface area contributed by atoms with E-state index in [4.69, 9.17) is 9.47 Å². The number of hydrogen-bond acceptors (Lipinski definition) is 9. The lowest BCUT2D eigenvalue weighted by Gasteiger charge is -2.62. The summed E-state index contributed by atoms with van der Waals surface area (Å²) in [6, 6.07) is 9.07. The predicted octanol–water partition coefficient (Wildman–Crippen LogP) is 6.34. The Morgan fingerprint density at radius 1 is 1.04 bits per heavy atom. The highest BCUT2D eigenvalue weighted by Gasteiger charge is 2.75. The third-order valence-electron chi connectivity index (χ3n) is 11.5. The number of amides is 1. The monoisotopic (exact) mass is 695 g/mol. The number of aliphatic hydroxyl groups is 1. The molecule has 3 saturated carbocycles. The number of carbonyl (C=O) groups is 4. The highest BCUT2D eigenvalue weighted by Crippen LogP contribution is 2.70. The van der Waals surface area contributed by atoms with Crippen LogP contribution in [0, 0.1) is 22.7 Å². The lowest BCUT2D eigenvalue weighted by Crippen LogP contribution is -2.69. The van der Waals surface area contributed by atoms with Crippen LogP contribution >= 0.6 is 11.8 Å². The van der Waals surface area contributed by atoms with Crippen molar-refractivity contribution >= 4 is 34.5 Å². The van der Waals surface area contributed by atoms with Gasteiger partial charge in [0.15, 0.2) is 17.1 Å². The van der Waals surface area contributed by atoms with Gasteiger partial charge >= 0.3 is 5.97 Å². The first-order valence-corrected chi connectivity index (χ1v) is 17.2. The molecular formula is C37H39F2NO8S. The maximum Gasteiger partial charge on any atom is 0.339 e. The topological polar surface area (TPSA) is 130 Å². The Morgan fingerprint density at radius 3 is 2.39 bits per heavy atom. The van der Waals surface area contributed by atoms with Crippen molar-refractivity contribution in [3.8, 4) is 17.2 Å². The lowest BCUT2D eigenvalue weighted by molar-refractivity contribution is -0.214. The molecule has 0 saturated heterocycles. The van der Waals surface area contributed by atoms with E-state index in [1.165, 1.54) is 59.5 Å². The number of ether oxygens (including phenoxy) is 2. The summed E-state index contributed by atoms with van der Waals surface area (Å²) in [4.78, 5) is 53.2. The van der Waals surface area contributed by atoms with Crippen LogP contribution in [0.4, 0.5) is 8.78 Å². The zero-order chi connectivity index (χ0) is 35.5. The van der Waals surface area contributed by atoms with Crippen molar-refractivity contribution in [1.29, 1.82) is 0 Å². The first-order valence-electron chi connectivity index (χ1n) is 16.2. The molecule has 12 heteroatoms. The zero-order valence-electron chi connectivity index (χ0n) is 27.7. The van der Waals surface area contributed by atoms with Crippen LogP contribution in [0.25, 0.3) is 0 Å². The third-order valence-corrected chi connectivity index (χ3v) is 12.2. The van der Waals surface area contributed by atoms with E-state index in [9.17, 15) is 33.8 Å². The summed E-state index contributed by atoms with van der Waals surface area (Å²) in [7, 11) is 3.13. The van der Waals surface area contributed by atoms with Crippen LogP contribution < -0.4 is 4.74 Å². The fraction of sp³-hybridized carbons (Fsp3) is 0.459. The van der Waals surface area contributed by atoms with Crippen molar-refractivity contribution in [2.24, 2.45) is 22.7 Å². The van der Waals surface area contributed by atoms with Crippen molar-refractivity contribution in [3.05, 3.63) is 77.4 Å². The van der Waals surface area contributed by atoms with Crippen LogP contribution in [0.15, 0.2) is 66.3 Å². The summed E-state index contributed by atoms with van der Waals surface area (Å²) >= 11 is 0.395. The fourth-order valence-electron chi connectivity index (χ4n) is 8.92. The SMILES string of the molecule is CN(C)C(=O)c1ccc(Oc2ccc(C(=O)O[C@]3(C(=O)SCF)CCC4C5CCC6=CC(=O)C=C[C@]6(C)C5(F)[C@@H](O)C[C@@]43C)cc2)cc1O. The van der Waals surface area contributed by atoms with Gasteiger partial charge in [-0.1, -0.05) is 18.6 Å². The molecule has 260 valence electrons. The molecule has 4 aliphatic carbocycles. The van der Waals surface area contributed by atoms with E-state index in [0.29, 0.717) is 42.3 Å². The molecule has 4 aliphatic rings. The number of phenols is 1. The number of hydrogen-bond donors (Lipinski definition) is 2. The maximum absolute atomic E-state index is 17.5. The summed E-state index contributed by atoms with van der Waals surface area (Å²) < 4.78 is 43.2. The van der Waals surface area contributed by atoms with Gasteiger partial charge in [0.2, 0.25) is 5.12 Å². The number of aromatic hydroxyl groups is 1. The van der Waals surface area contributed by atoms with Gasteiger partial charge in [-0.15, -0.1) is 0 Å². The second-order valence-corrected chi connectivity index (χ2v) is 14.9. The van der Waals surface area contributed by atoms with Gasteiger partial charge in [-0.25, -0.2) is 13.6 Å². The lowest BCUT2D eigenvalue weighted by atomic mass is 9.45. The fourth-order valence-corrected chi connectivity index (χ4v) is 9.63. The summed E-state index contributed by atoms with van der Waals surface area (Å²) in [5.41, 5.74) is -5.58. The van der Waals surface area contributed by atoms with E-state index in [-0.39, 0.29) is 47.2 Å². The second kappa shape index (κ2) is 12.4. The Morgan fingerprint density at radius 2 is 1.73 bits per heavy atom. The Kier molecular flexibility index (Phi) is 8.80. The average Bonchev–Trinajstić information content (AvgIpc) is 3.34. The molecule has 0 aliphatic heterocycles. The van der Waals surface area contributed by atoms with Gasteiger partial charge in [-0.3, -0.25) is 14.4 Å². The highest BCUT2D eigenvalue weighted by atomic mass is 32.2. The molecule has 0 aromatic heterocycles. The largest absolute Gasteiger partial charge is 0.507 e. The molecule has 3 fully saturated rings. The first-order chi connectivity index (χ1) is 23.1. The van der Waals surface area contributed by atoms with Gasteiger partial charge in [0, 0.05) is 36.9 Å². The molecule has 2 aromatic rings. The van der Waals surface area contributed by atoms with Crippen LogP contribution in [0.1, 0.15) is 66.7 Å². The number of phenolic OH excluding ortho intramolecular Hbond substituents is 1. The van der Waals surface area contributed by atoms with Crippen LogP contribution in [-0.4, -0.2) is 75.4 Å². The summed E-state index contributed by atoms with van der Waals surface area (Å²) in [5, 5.41) is 21.3. The standard InChI is InChI=1S/C37H39F2NO8S/c1-34-15-13-23(41)17-22(34)7-12-28-27-14-16-36(33(46)49-20-38,35(27,2)19-30(43)37(28,34)39)48-32(45)21-5-8-24(9-6-21)47-25-10-11-26(29(42)18-25)31(44)40(3)4/h5-6,8-11,13,15,17-18,27-28,30,42-43H,7,12,14,16,19-20H2,1-4H3/t27?,28?,30-,34-,35-,36-,37?/m0/s1. The van der Waals surface area contributed by atoms with E-state index in [1.54, 1.807) is 34.0 Å². The van der Waals surface area contributed by atoms with Crippen LogP contribution in [0.5, 0.6) is 17.2 Å². The number of carbonyl (C=O) groups excluding carboxylic acids is 4. The molecule has 7 atom stereocenters. The van der Waals surface area contributed by atoms with Crippen molar-refractivity contribution in [2.75, 3.05) is 20.1 Å². The van der Waals surface area contributed by atoms with Gasteiger partial charge in [0.25, 0.3) is 5.91 Å². The van der Waals surface area contributed by atoms with Gasteiger partial charge in [0.1, 0.15) is 23.3 Å². The molecule has 2 aromatic carbocycles. The van der Waals surface area contributed by atoms with Crippen LogP contribution in [-0.2, 0) is 14.3 Å². The minimum atomic E-state index is -2.14. The first kappa shape index (κ1) is 34.8. The minimum Gasteiger partial charge on any atom is -0.507 e. The number of nitrogens with zero attached hydrogens (tertiary/aromatic N) is 1. The zero-order valence-corrected chi connectivity index (χ0v) is 28.5. The predicted molar refractivity (Wildman–Crippen MR) is 178 cm³/mol. The van der Waals surface area contributed by atoms with Gasteiger partial charge in [-0.05, 0) is 105 Å². The molecule has 0 spiro atoms. The average molecular weight is 696 g/mol. The maximum atomic E-state index is 17.5. The molecular weight excluding hydrogens is 656 g/mol. The number of rotatable bonds is 7. The summed E-state index contributed by atoms with van der Waals surface area (Å²) in [5.74, 6) is -2.34. The van der Waals surface area contributed by atoms with E-state index in [2.05, 4.69) is 0 Å². The van der Waals surface area contributed by atoms with E-state index < -0.39 is 57.1 Å². The number of aliphatic hydroxyl groups excluding tert-OH is 1. The minimum absolute atomic E-state index is 0.0375. The number of thioether (sulfide) groups is 1. The quantitative estimate of drug-likeness (QED) is 0.319. The number of alkyl halides is 2. The molecule has 49 heavy (non-hydrogen) atoms. The number of ketones is 1. The van der Waals surface area contributed by atoms with E-state index >= 15 is 4.39 Å². The normalized spacial score (nSPS) is 33.1. The molecule has 0 radical (unpaired) electrons. The molecule has 0 heterocycles. The van der Waals surface area contributed by atoms with Gasteiger partial charge in [0.05, 0.1) is 17.2 Å². The second-order valence-electron chi connectivity index (χ2n) is 14.1. The molecule has 3 unspecified atom stereocenters. The van der Waals surface area contributed by atoms with Crippen LogP contribution in [0.2, 0.25) is 0 Å². The molecule has 0 bridgehead atoms. The van der Waals surface area contributed by atoms with Crippen molar-refractivity contribution in [2.45, 2.75) is 63.3 Å². The molecule has 2 N–H and O–H groups in total. The number of halogens is 2. The third kappa shape index (κ3) is 5.29. The van der Waals surface area contributed by atoms with Crippen molar-refractivity contribution < 1.29 is 47.6 Å². The smallest absolute Gasteiger partial charge is 0.339 e. The Balaban J connectivity index is 1.26. The summed E-state index contributed by atoms with van der Waals surface area (Å²) in [6.07, 6.45) is 3.69. The Bertz CT molecular complexity index is 1780. The van der Waals surface area contributed by atoms with Gasteiger partial charge < -0.3 is 24.6 Å². The van der Waals surface area contributed by atoms with E-state index in [0.717, 1.165) is 0 Å². The Labute approximate surface area is 287 Å². The molecule has 1 amide bonds. The number of esters is 1. The van der Waals surface area contributed by atoms with Crippen molar-refractivity contribution in [1.82, 2.24) is 4.90 Å². The number of allylic oxidation sites excluding steroid dienone is 4. The van der Waals surface area contributed by atoms with Crippen LogP contribution in [0.3, 0.4) is 0 Å². The Hall–Kier alpha value is -4.03. The number of fused-ring (bicyclic) bond motifs is 5. The molecule has 9 nitrogen and oxygen atoms in total. The van der Waals surface area contributed by atoms with Crippen molar-refractivity contribution in [3.63, 3.8) is 0 Å². The van der Waals surface area contributed by atoms with E-state index in [1.807, 2.05) is 0 Å². The van der Waals surface area contributed by atoms with Gasteiger partial charge in [-0.2, -0.15) is 0 Å². The molecule has 6 rings (SSSR count). The number of benzene rings is 2. The highest BCUT2D eigenvalue weighted by molar-refractivity contribution is 8.13.